The summed E-state index contributed by atoms with van der Waals surface area (Å²) in [5.41, 5.74) is -0.236. The van der Waals surface area contributed by atoms with Gasteiger partial charge in [0.1, 0.15) is 23.7 Å². The quantitative estimate of drug-likeness (QED) is 0.196. The Bertz CT molecular complexity index is 1810. The van der Waals surface area contributed by atoms with Crippen LogP contribution in [-0.4, -0.2) is 147 Å². The van der Waals surface area contributed by atoms with Crippen molar-refractivity contribution in [3.63, 3.8) is 0 Å². The minimum Gasteiger partial charge on any atom is -0.458 e. The lowest BCUT2D eigenvalue weighted by molar-refractivity contribution is -0.294. The van der Waals surface area contributed by atoms with Crippen molar-refractivity contribution in [3.8, 4) is 11.3 Å². The molecule has 4 fully saturated rings. The molecule has 2 aromatic heterocycles. The summed E-state index contributed by atoms with van der Waals surface area (Å²) in [6.07, 6.45) is 2.73. The zero-order valence-corrected chi connectivity index (χ0v) is 36.8. The molecule has 2 aromatic rings. The van der Waals surface area contributed by atoms with Crippen molar-refractivity contribution in [1.29, 1.82) is 0 Å². The fraction of sp³-hybridized carbons (Fsp3) is 0.727. The summed E-state index contributed by atoms with van der Waals surface area (Å²) in [5.74, 6) is -2.74. The lowest BCUT2D eigenvalue weighted by atomic mass is 9.74. The van der Waals surface area contributed by atoms with Crippen LogP contribution in [0.4, 0.5) is 4.79 Å². The number of unbranched alkanes of at least 4 members (excludes halogenated alkanes) is 1. The number of nitrogens with zero attached hydrogens (tertiary/aromatic N) is 6. The number of likely N-dealkylation sites (N-methyl/N-ethyl adjacent to an activating group) is 1. The first-order valence-electron chi connectivity index (χ1n) is 21.6. The number of hydrogen-bond acceptors (Lipinski definition) is 14. The van der Waals surface area contributed by atoms with Crippen LogP contribution in [0.3, 0.4) is 0 Å². The van der Waals surface area contributed by atoms with E-state index in [0.29, 0.717) is 50.0 Å². The Hall–Kier alpha value is -3.80. The van der Waals surface area contributed by atoms with Crippen LogP contribution >= 0.6 is 0 Å². The monoisotopic (exact) mass is 838 g/mol. The largest absolute Gasteiger partial charge is 0.458 e. The fourth-order valence-corrected chi connectivity index (χ4v) is 9.62. The Balaban J connectivity index is 1.29. The van der Waals surface area contributed by atoms with Gasteiger partial charge in [-0.05, 0) is 91.6 Å². The van der Waals surface area contributed by atoms with E-state index in [1.165, 1.54) is 0 Å². The smallest absolute Gasteiger partial charge is 0.410 e. The van der Waals surface area contributed by atoms with Gasteiger partial charge >= 0.3 is 12.1 Å². The Morgan fingerprint density at radius 3 is 2.50 bits per heavy atom. The molecular weight excluding hydrogens is 773 g/mol. The Labute approximate surface area is 354 Å². The van der Waals surface area contributed by atoms with E-state index in [1.54, 1.807) is 35.8 Å². The average molecular weight is 839 g/mol. The van der Waals surface area contributed by atoms with Crippen LogP contribution in [0.25, 0.3) is 11.3 Å². The topological polar surface area (TPSA) is 177 Å². The van der Waals surface area contributed by atoms with Crippen molar-refractivity contribution in [2.75, 3.05) is 33.9 Å². The highest BCUT2D eigenvalue weighted by atomic mass is 16.7. The number of cyclic esters (lactones) is 1. The molecule has 6 heterocycles. The van der Waals surface area contributed by atoms with Gasteiger partial charge in [-0.15, -0.1) is 5.10 Å². The zero-order valence-electron chi connectivity index (χ0n) is 36.8. The van der Waals surface area contributed by atoms with E-state index in [0.717, 1.165) is 5.56 Å². The van der Waals surface area contributed by atoms with Crippen LogP contribution in [0.15, 0.2) is 42.9 Å². The van der Waals surface area contributed by atoms with Crippen molar-refractivity contribution < 1.29 is 47.9 Å². The van der Waals surface area contributed by atoms with Crippen LogP contribution in [0.2, 0.25) is 0 Å². The third kappa shape index (κ3) is 9.79. The molecule has 0 spiro atoms. The molecule has 3 unspecified atom stereocenters. The average Bonchev–Trinajstić information content (AvgIpc) is 3.80. The van der Waals surface area contributed by atoms with Crippen LogP contribution in [0.5, 0.6) is 0 Å². The molecule has 1 amide bonds. The molecule has 6 rings (SSSR count). The number of aliphatic hydroxyl groups excluding tert-OH is 1. The molecular formula is C44H66N6O10. The fourth-order valence-electron chi connectivity index (χ4n) is 9.62. The number of esters is 1. The van der Waals surface area contributed by atoms with E-state index >= 15 is 0 Å². The maximum absolute atomic E-state index is 14.9. The predicted octanol–water partition coefficient (Wildman–Crippen LogP) is 4.83. The van der Waals surface area contributed by atoms with Crippen molar-refractivity contribution in [2.45, 2.75) is 154 Å². The minimum atomic E-state index is -1.34. The second-order valence-corrected chi connectivity index (χ2v) is 18.1. The molecule has 4 saturated heterocycles. The molecule has 1 N–H and O–H groups in total. The first kappa shape index (κ1) is 45.7. The summed E-state index contributed by atoms with van der Waals surface area (Å²) in [6, 6.07) is 2.79. The molecule has 16 nitrogen and oxygen atoms in total. The van der Waals surface area contributed by atoms with E-state index in [9.17, 15) is 19.5 Å². The van der Waals surface area contributed by atoms with Crippen LogP contribution < -0.4 is 0 Å². The summed E-state index contributed by atoms with van der Waals surface area (Å²) in [4.78, 5) is 50.9. The number of aromatic nitrogens is 4. The molecule has 0 aromatic carbocycles. The summed E-state index contributed by atoms with van der Waals surface area (Å²) in [7, 11) is 3.82. The molecule has 4 aliphatic rings. The van der Waals surface area contributed by atoms with E-state index < -0.39 is 77.8 Å². The molecule has 0 saturated carbocycles. The first-order valence-corrected chi connectivity index (χ1v) is 21.6. The summed E-state index contributed by atoms with van der Waals surface area (Å²) in [5, 5.41) is 20.1. The number of amides is 1. The lowest BCUT2D eigenvalue weighted by Crippen LogP contribution is -2.59. The minimum absolute atomic E-state index is 0.100. The molecule has 60 heavy (non-hydrogen) atoms. The SMILES string of the molecule is C=C1CO[C@@H]2C[C@@H](OC3O[C@H](C)C[C@H](N(C)C)[C@H]3O)[C@](C)(C[C@@H](C)C(=O)[C@H](C)C3N(CCCCn4cc(-c5cccnc5)nn4)C(=O)OC3(C)[C@@H](CC)OC(=O)[C@@H]2C)OC1. The summed E-state index contributed by atoms with van der Waals surface area (Å²) in [6.45, 7) is 18.3. The number of ketones is 1. The van der Waals surface area contributed by atoms with Gasteiger partial charge in [0, 0.05) is 55.3 Å². The number of aryl methyl sites for hydroxylation is 1. The third-order valence-electron chi connectivity index (χ3n) is 13.1. The maximum atomic E-state index is 14.9. The number of carbonyl (C=O) groups excluding carboxylic acids is 3. The van der Waals surface area contributed by atoms with Crippen LogP contribution in [0, 0.1) is 17.8 Å². The molecule has 16 heteroatoms. The van der Waals surface area contributed by atoms with Gasteiger partial charge in [0.2, 0.25) is 0 Å². The first-order chi connectivity index (χ1) is 28.4. The van der Waals surface area contributed by atoms with E-state index in [4.69, 9.17) is 28.4 Å². The van der Waals surface area contributed by atoms with Gasteiger partial charge in [-0.3, -0.25) is 19.3 Å². The third-order valence-corrected chi connectivity index (χ3v) is 13.1. The highest BCUT2D eigenvalue weighted by molar-refractivity contribution is 5.85. The molecule has 0 aliphatic carbocycles. The van der Waals surface area contributed by atoms with E-state index in [-0.39, 0.29) is 44.0 Å². The standard InChI is InChI=1S/C44H66N6O10/c1-11-35-44(8)39(50(42(54)60-44)18-13-12-17-49-23-32(46-47-49)31-15-14-16-45-22-31)30(6)37(51)27(3)21-43(7)36(59-41-38(52)33(48(9)10)19-28(4)57-41)20-34(29(5)40(53)58-35)55-24-26(2)25-56-43/h14-16,22-23,27-30,33-36,38-39,41,52H,2,11-13,17-21,24-25H2,1,3-10H3/t27-,28-,29-,30+,33+,34-,35-,36-,38-,39?,41?,43+,44?/m1/s1. The van der Waals surface area contributed by atoms with Crippen LogP contribution in [-0.2, 0) is 44.6 Å². The highest BCUT2D eigenvalue weighted by Crippen LogP contribution is 2.43. The summed E-state index contributed by atoms with van der Waals surface area (Å²) < 4.78 is 40.5. The number of hydrogen-bond donors (Lipinski definition) is 1. The second kappa shape index (κ2) is 19.1. The number of fused-ring (bicyclic) bond motifs is 4. The Morgan fingerprint density at radius 2 is 1.80 bits per heavy atom. The van der Waals surface area contributed by atoms with Gasteiger partial charge in [0.05, 0.1) is 55.3 Å². The van der Waals surface area contributed by atoms with Gasteiger partial charge in [0.25, 0.3) is 0 Å². The van der Waals surface area contributed by atoms with Crippen LogP contribution in [0.1, 0.15) is 87.0 Å². The Morgan fingerprint density at radius 1 is 1.05 bits per heavy atom. The molecule has 4 aliphatic heterocycles. The number of rotatable bonds is 10. The number of pyridine rings is 1. The predicted molar refractivity (Wildman–Crippen MR) is 220 cm³/mol. The van der Waals surface area contributed by atoms with Crippen molar-refractivity contribution >= 4 is 17.8 Å². The number of ether oxygens (including phenoxy) is 6. The van der Waals surface area contributed by atoms with E-state index in [2.05, 4.69) is 21.9 Å². The molecule has 13 atom stereocenters. The number of aliphatic hydroxyl groups is 1. The molecule has 332 valence electrons. The number of Topliss-reactive ketones (excluding diaryl/α,β-unsaturated/α-hetero) is 1. The van der Waals surface area contributed by atoms with Gasteiger partial charge in [-0.25, -0.2) is 4.79 Å². The van der Waals surface area contributed by atoms with Gasteiger partial charge in [-0.2, -0.15) is 0 Å². The van der Waals surface area contributed by atoms with Gasteiger partial charge < -0.3 is 43.3 Å². The van der Waals surface area contributed by atoms with Crippen molar-refractivity contribution in [2.24, 2.45) is 17.8 Å². The van der Waals surface area contributed by atoms with Crippen molar-refractivity contribution in [1.82, 2.24) is 29.8 Å². The highest BCUT2D eigenvalue weighted by Gasteiger charge is 2.60. The second-order valence-electron chi connectivity index (χ2n) is 18.1. The maximum Gasteiger partial charge on any atom is 0.410 e. The number of carbonyl (C=O) groups is 3. The zero-order chi connectivity index (χ0) is 43.5. The molecule has 2 bridgehead atoms. The summed E-state index contributed by atoms with van der Waals surface area (Å²) >= 11 is 0. The normalized spacial score (nSPS) is 37.2. The van der Waals surface area contributed by atoms with Crippen molar-refractivity contribution in [3.05, 3.63) is 42.9 Å². The Kier molecular flexibility index (Phi) is 14.5. The molecule has 0 radical (unpaired) electrons. The van der Waals surface area contributed by atoms with E-state index in [1.807, 2.05) is 71.9 Å². The van der Waals surface area contributed by atoms with Gasteiger partial charge in [0.15, 0.2) is 11.9 Å². The lowest BCUT2D eigenvalue weighted by Gasteiger charge is -2.46. The van der Waals surface area contributed by atoms with Gasteiger partial charge in [-0.1, -0.05) is 32.6 Å².